The standard InChI is InChI=1S/C15H23N3O3/c1-5-6-12-15(20)18(8-11-7-10(4)21-17-11)13(9(2)3)14(19)16-12/h7,9,12-13H,5-6,8H2,1-4H3,(H,16,19). The first-order chi connectivity index (χ1) is 9.93. The van der Waals surface area contributed by atoms with Gasteiger partial charge in [0.2, 0.25) is 11.8 Å². The second-order valence-corrected chi connectivity index (χ2v) is 5.93. The number of nitrogens with one attached hydrogen (secondary N) is 1. The van der Waals surface area contributed by atoms with Crippen LogP contribution in [0.2, 0.25) is 0 Å². The number of carbonyl (C=O) groups excluding carboxylic acids is 2. The second-order valence-electron chi connectivity index (χ2n) is 5.93. The average molecular weight is 293 g/mol. The summed E-state index contributed by atoms with van der Waals surface area (Å²) in [6.45, 7) is 8.00. The molecule has 1 aliphatic heterocycles. The molecule has 6 heteroatoms. The summed E-state index contributed by atoms with van der Waals surface area (Å²) in [7, 11) is 0. The number of nitrogens with zero attached hydrogens (tertiary/aromatic N) is 2. The zero-order valence-corrected chi connectivity index (χ0v) is 13.0. The molecule has 2 atom stereocenters. The highest BCUT2D eigenvalue weighted by Gasteiger charge is 2.41. The Bertz CT molecular complexity index is 524. The van der Waals surface area contributed by atoms with Gasteiger partial charge in [-0.1, -0.05) is 32.3 Å². The van der Waals surface area contributed by atoms with Gasteiger partial charge in [0.1, 0.15) is 23.5 Å². The molecule has 1 aliphatic rings. The van der Waals surface area contributed by atoms with Gasteiger partial charge in [0.05, 0.1) is 6.54 Å². The largest absolute Gasteiger partial charge is 0.361 e. The molecule has 2 unspecified atom stereocenters. The molecule has 1 saturated heterocycles. The first kappa shape index (κ1) is 15.5. The Hall–Kier alpha value is -1.85. The van der Waals surface area contributed by atoms with E-state index in [0.717, 1.165) is 6.42 Å². The van der Waals surface area contributed by atoms with E-state index >= 15 is 0 Å². The van der Waals surface area contributed by atoms with Crippen molar-refractivity contribution in [2.75, 3.05) is 0 Å². The number of carbonyl (C=O) groups is 2. The number of amides is 2. The molecule has 2 heterocycles. The third-order valence-electron chi connectivity index (χ3n) is 3.72. The van der Waals surface area contributed by atoms with Crippen molar-refractivity contribution >= 4 is 11.8 Å². The molecule has 1 N–H and O–H groups in total. The summed E-state index contributed by atoms with van der Waals surface area (Å²) in [6, 6.07) is 0.916. The highest BCUT2D eigenvalue weighted by molar-refractivity contribution is 5.97. The Morgan fingerprint density at radius 3 is 2.67 bits per heavy atom. The maximum Gasteiger partial charge on any atom is 0.246 e. The van der Waals surface area contributed by atoms with Crippen LogP contribution in [-0.4, -0.2) is 34.0 Å². The van der Waals surface area contributed by atoms with Gasteiger partial charge in [0.15, 0.2) is 0 Å². The van der Waals surface area contributed by atoms with E-state index in [1.54, 1.807) is 17.9 Å². The summed E-state index contributed by atoms with van der Waals surface area (Å²) in [4.78, 5) is 26.6. The van der Waals surface area contributed by atoms with Crippen LogP contribution in [0.25, 0.3) is 0 Å². The van der Waals surface area contributed by atoms with Crippen LogP contribution >= 0.6 is 0 Å². The molecule has 0 aromatic carbocycles. The lowest BCUT2D eigenvalue weighted by Crippen LogP contribution is -2.64. The van der Waals surface area contributed by atoms with Gasteiger partial charge in [-0.05, 0) is 19.3 Å². The zero-order valence-electron chi connectivity index (χ0n) is 13.0. The maximum atomic E-state index is 12.6. The van der Waals surface area contributed by atoms with E-state index in [4.69, 9.17) is 4.52 Å². The molecular weight excluding hydrogens is 270 g/mol. The van der Waals surface area contributed by atoms with E-state index in [1.165, 1.54) is 0 Å². The van der Waals surface area contributed by atoms with Crippen LogP contribution in [0.4, 0.5) is 0 Å². The molecule has 1 fully saturated rings. The molecule has 1 aromatic heterocycles. The minimum absolute atomic E-state index is 0.0317. The second kappa shape index (κ2) is 6.28. The van der Waals surface area contributed by atoms with E-state index in [9.17, 15) is 9.59 Å². The summed E-state index contributed by atoms with van der Waals surface area (Å²) in [5.41, 5.74) is 0.677. The summed E-state index contributed by atoms with van der Waals surface area (Å²) in [6.07, 6.45) is 1.50. The first-order valence-electron chi connectivity index (χ1n) is 7.47. The van der Waals surface area contributed by atoms with Crippen LogP contribution in [0.15, 0.2) is 10.6 Å². The topological polar surface area (TPSA) is 75.4 Å². The lowest BCUT2D eigenvalue weighted by molar-refractivity contribution is -0.152. The molecular formula is C15H23N3O3. The van der Waals surface area contributed by atoms with E-state index in [0.29, 0.717) is 24.4 Å². The smallest absolute Gasteiger partial charge is 0.246 e. The SMILES string of the molecule is CCCC1NC(=O)C(C(C)C)N(Cc2cc(C)on2)C1=O. The predicted molar refractivity (Wildman–Crippen MR) is 77.3 cm³/mol. The van der Waals surface area contributed by atoms with Crippen LogP contribution < -0.4 is 5.32 Å². The normalized spacial score (nSPS) is 22.8. The fourth-order valence-corrected chi connectivity index (χ4v) is 2.79. The molecule has 2 amide bonds. The molecule has 6 nitrogen and oxygen atoms in total. The van der Waals surface area contributed by atoms with E-state index in [2.05, 4.69) is 10.5 Å². The number of hydrogen-bond donors (Lipinski definition) is 1. The van der Waals surface area contributed by atoms with Crippen molar-refractivity contribution in [2.24, 2.45) is 5.92 Å². The Labute approximate surface area is 124 Å². The molecule has 21 heavy (non-hydrogen) atoms. The van der Waals surface area contributed by atoms with Gasteiger partial charge < -0.3 is 14.7 Å². The molecule has 0 saturated carbocycles. The van der Waals surface area contributed by atoms with Gasteiger partial charge in [-0.2, -0.15) is 0 Å². The third kappa shape index (κ3) is 3.25. The van der Waals surface area contributed by atoms with E-state index in [-0.39, 0.29) is 17.7 Å². The van der Waals surface area contributed by atoms with Gasteiger partial charge >= 0.3 is 0 Å². The number of rotatable bonds is 5. The predicted octanol–water partition coefficient (Wildman–Crippen LogP) is 1.63. The lowest BCUT2D eigenvalue weighted by atomic mass is 9.95. The van der Waals surface area contributed by atoms with Gasteiger partial charge in [-0.15, -0.1) is 0 Å². The Morgan fingerprint density at radius 2 is 2.14 bits per heavy atom. The van der Waals surface area contributed by atoms with Gasteiger partial charge in [0.25, 0.3) is 0 Å². The van der Waals surface area contributed by atoms with Crippen LogP contribution in [0, 0.1) is 12.8 Å². The van der Waals surface area contributed by atoms with Crippen molar-refractivity contribution in [3.05, 3.63) is 17.5 Å². The molecule has 116 valence electrons. The molecule has 0 radical (unpaired) electrons. The lowest BCUT2D eigenvalue weighted by Gasteiger charge is -2.40. The minimum Gasteiger partial charge on any atom is -0.361 e. The van der Waals surface area contributed by atoms with Crippen LogP contribution in [0.5, 0.6) is 0 Å². The van der Waals surface area contributed by atoms with Gasteiger partial charge in [-0.25, -0.2) is 0 Å². The summed E-state index contributed by atoms with van der Waals surface area (Å²) in [5.74, 6) is 0.633. The van der Waals surface area contributed by atoms with Crippen molar-refractivity contribution in [3.63, 3.8) is 0 Å². The van der Waals surface area contributed by atoms with E-state index < -0.39 is 12.1 Å². The number of aryl methyl sites for hydroxylation is 1. The monoisotopic (exact) mass is 293 g/mol. The highest BCUT2D eigenvalue weighted by atomic mass is 16.5. The number of hydrogen-bond acceptors (Lipinski definition) is 4. The quantitative estimate of drug-likeness (QED) is 0.895. The minimum atomic E-state index is -0.456. The van der Waals surface area contributed by atoms with E-state index in [1.807, 2.05) is 20.8 Å². The average Bonchev–Trinajstić information content (AvgIpc) is 2.80. The van der Waals surface area contributed by atoms with Gasteiger partial charge in [0, 0.05) is 6.07 Å². The maximum absolute atomic E-state index is 12.6. The van der Waals surface area contributed by atoms with Gasteiger partial charge in [-0.3, -0.25) is 9.59 Å². The van der Waals surface area contributed by atoms with Crippen LogP contribution in [-0.2, 0) is 16.1 Å². The molecule has 1 aromatic rings. The van der Waals surface area contributed by atoms with Crippen molar-refractivity contribution in [1.29, 1.82) is 0 Å². The number of aromatic nitrogens is 1. The molecule has 0 aliphatic carbocycles. The van der Waals surface area contributed by atoms with Crippen LogP contribution in [0.1, 0.15) is 45.1 Å². The van der Waals surface area contributed by atoms with Crippen molar-refractivity contribution in [3.8, 4) is 0 Å². The summed E-state index contributed by atoms with van der Waals surface area (Å²) < 4.78 is 5.05. The third-order valence-corrected chi connectivity index (χ3v) is 3.72. The van der Waals surface area contributed by atoms with Crippen molar-refractivity contribution in [2.45, 2.75) is 59.2 Å². The van der Waals surface area contributed by atoms with Crippen molar-refractivity contribution in [1.82, 2.24) is 15.4 Å². The zero-order chi connectivity index (χ0) is 15.6. The Balaban J connectivity index is 2.25. The molecule has 0 spiro atoms. The Kier molecular flexibility index (Phi) is 4.65. The number of piperazine rings is 1. The fourth-order valence-electron chi connectivity index (χ4n) is 2.79. The summed E-state index contributed by atoms with van der Waals surface area (Å²) >= 11 is 0. The summed E-state index contributed by atoms with van der Waals surface area (Å²) in [5, 5.41) is 6.78. The Morgan fingerprint density at radius 1 is 1.43 bits per heavy atom. The molecule has 2 rings (SSSR count). The fraction of sp³-hybridized carbons (Fsp3) is 0.667. The highest BCUT2D eigenvalue weighted by Crippen LogP contribution is 2.21. The first-order valence-corrected chi connectivity index (χ1v) is 7.47. The van der Waals surface area contributed by atoms with Crippen LogP contribution in [0.3, 0.4) is 0 Å². The van der Waals surface area contributed by atoms with Crippen molar-refractivity contribution < 1.29 is 14.1 Å². The molecule has 0 bridgehead atoms.